The highest BCUT2D eigenvalue weighted by molar-refractivity contribution is 7.93. The lowest BCUT2D eigenvalue weighted by Gasteiger charge is -2.26. The summed E-state index contributed by atoms with van der Waals surface area (Å²) in [5.74, 6) is -0.543. The van der Waals surface area contributed by atoms with Crippen LogP contribution in [0.3, 0.4) is 0 Å². The van der Waals surface area contributed by atoms with E-state index in [2.05, 4.69) is 0 Å². The molecule has 0 aliphatic carbocycles. The molecule has 0 amide bonds. The molecule has 0 radical (unpaired) electrons. The molecule has 18 heavy (non-hydrogen) atoms. The van der Waals surface area contributed by atoms with Gasteiger partial charge in [-0.15, -0.1) is 0 Å². The molecule has 0 aromatic heterocycles. The van der Waals surface area contributed by atoms with E-state index in [4.69, 9.17) is 5.73 Å². The van der Waals surface area contributed by atoms with Crippen molar-refractivity contribution in [2.45, 2.75) is 25.5 Å². The van der Waals surface area contributed by atoms with Crippen molar-refractivity contribution in [1.82, 2.24) is 0 Å². The summed E-state index contributed by atoms with van der Waals surface area (Å²) in [5, 5.41) is -0.602. The average molecular weight is 274 g/mol. The molecule has 0 atom stereocenters. The smallest absolute Gasteiger partial charge is 0.237 e. The third-order valence-electron chi connectivity index (χ3n) is 2.59. The van der Waals surface area contributed by atoms with Crippen LogP contribution in [-0.2, 0) is 10.0 Å². The molecule has 4 nitrogen and oxygen atoms in total. The summed E-state index contributed by atoms with van der Waals surface area (Å²) in [6, 6.07) is 5.86. The SMILES string of the molecule is CC(C)S(=O)(=O)N(CCCN)c1ccccc1F. The van der Waals surface area contributed by atoms with Crippen molar-refractivity contribution >= 4 is 15.7 Å². The third kappa shape index (κ3) is 3.20. The number of sulfonamides is 1. The molecule has 0 spiro atoms. The molecule has 6 heteroatoms. The molecule has 0 aliphatic rings. The largest absolute Gasteiger partial charge is 0.330 e. The van der Waals surface area contributed by atoms with Gasteiger partial charge in [-0.25, -0.2) is 12.8 Å². The summed E-state index contributed by atoms with van der Waals surface area (Å²) in [5.41, 5.74) is 5.48. The highest BCUT2D eigenvalue weighted by Crippen LogP contribution is 2.24. The Balaban J connectivity index is 3.18. The Labute approximate surface area is 108 Å². The minimum atomic E-state index is -3.55. The van der Waals surface area contributed by atoms with Crippen LogP contribution in [-0.4, -0.2) is 26.8 Å². The molecular formula is C12H19FN2O2S. The number of rotatable bonds is 6. The van der Waals surface area contributed by atoms with Gasteiger partial charge in [0.25, 0.3) is 0 Å². The van der Waals surface area contributed by atoms with E-state index in [1.54, 1.807) is 19.9 Å². The number of anilines is 1. The Morgan fingerprint density at radius 3 is 2.44 bits per heavy atom. The van der Waals surface area contributed by atoms with Gasteiger partial charge in [0, 0.05) is 6.54 Å². The fourth-order valence-electron chi connectivity index (χ4n) is 1.53. The van der Waals surface area contributed by atoms with Crippen LogP contribution < -0.4 is 10.0 Å². The van der Waals surface area contributed by atoms with Gasteiger partial charge in [-0.1, -0.05) is 12.1 Å². The van der Waals surface area contributed by atoms with Crippen molar-refractivity contribution in [3.8, 4) is 0 Å². The van der Waals surface area contributed by atoms with E-state index in [-0.39, 0.29) is 12.2 Å². The van der Waals surface area contributed by atoms with Crippen LogP contribution in [0, 0.1) is 5.82 Å². The van der Waals surface area contributed by atoms with Crippen LogP contribution in [0.15, 0.2) is 24.3 Å². The van der Waals surface area contributed by atoms with Crippen LogP contribution in [0.2, 0.25) is 0 Å². The minimum absolute atomic E-state index is 0.0830. The number of hydrogen-bond acceptors (Lipinski definition) is 3. The average Bonchev–Trinajstić information content (AvgIpc) is 2.31. The first-order valence-electron chi connectivity index (χ1n) is 5.87. The van der Waals surface area contributed by atoms with Gasteiger partial charge in [-0.2, -0.15) is 0 Å². The summed E-state index contributed by atoms with van der Waals surface area (Å²) >= 11 is 0. The van der Waals surface area contributed by atoms with E-state index in [0.717, 1.165) is 4.31 Å². The second kappa shape index (κ2) is 6.15. The lowest BCUT2D eigenvalue weighted by molar-refractivity contribution is 0.575. The van der Waals surface area contributed by atoms with Gasteiger partial charge in [0.1, 0.15) is 5.82 Å². The molecule has 0 saturated heterocycles. The molecular weight excluding hydrogens is 255 g/mol. The van der Waals surface area contributed by atoms with Crippen LogP contribution in [0.4, 0.5) is 10.1 Å². The van der Waals surface area contributed by atoms with Gasteiger partial charge in [-0.3, -0.25) is 4.31 Å². The van der Waals surface area contributed by atoms with E-state index in [1.165, 1.54) is 18.2 Å². The first-order chi connectivity index (χ1) is 8.41. The molecule has 1 aromatic carbocycles. The Morgan fingerprint density at radius 2 is 1.94 bits per heavy atom. The highest BCUT2D eigenvalue weighted by atomic mass is 32.2. The monoisotopic (exact) mass is 274 g/mol. The summed E-state index contributed by atoms with van der Waals surface area (Å²) in [4.78, 5) is 0. The summed E-state index contributed by atoms with van der Waals surface area (Å²) < 4.78 is 39.2. The maximum atomic E-state index is 13.7. The Kier molecular flexibility index (Phi) is 5.10. The number of hydrogen-bond donors (Lipinski definition) is 1. The molecule has 0 fully saturated rings. The Bertz CT molecular complexity index is 489. The zero-order valence-electron chi connectivity index (χ0n) is 10.6. The van der Waals surface area contributed by atoms with Crippen molar-refractivity contribution in [2.24, 2.45) is 5.73 Å². The van der Waals surface area contributed by atoms with Gasteiger partial charge >= 0.3 is 0 Å². The molecule has 2 N–H and O–H groups in total. The number of nitrogens with zero attached hydrogens (tertiary/aromatic N) is 1. The van der Waals surface area contributed by atoms with Gasteiger partial charge in [-0.05, 0) is 38.9 Å². The molecule has 0 aliphatic heterocycles. The quantitative estimate of drug-likeness (QED) is 0.859. The van der Waals surface area contributed by atoms with Crippen molar-refractivity contribution in [3.05, 3.63) is 30.1 Å². The summed E-state index contributed by atoms with van der Waals surface area (Å²) in [6.07, 6.45) is 0.486. The molecule has 0 bridgehead atoms. The normalized spacial score (nSPS) is 11.8. The van der Waals surface area contributed by atoms with E-state index in [1.807, 2.05) is 0 Å². The number of halogens is 1. The fraction of sp³-hybridized carbons (Fsp3) is 0.500. The van der Waals surface area contributed by atoms with Crippen molar-refractivity contribution in [3.63, 3.8) is 0 Å². The summed E-state index contributed by atoms with van der Waals surface area (Å²) in [7, 11) is -3.55. The van der Waals surface area contributed by atoms with Crippen molar-refractivity contribution in [1.29, 1.82) is 0 Å². The molecule has 0 heterocycles. The maximum absolute atomic E-state index is 13.7. The van der Waals surface area contributed by atoms with Gasteiger partial charge in [0.05, 0.1) is 10.9 Å². The first kappa shape index (κ1) is 14.9. The molecule has 102 valence electrons. The number of para-hydroxylation sites is 1. The van der Waals surface area contributed by atoms with Crippen LogP contribution in [0.5, 0.6) is 0 Å². The first-order valence-corrected chi connectivity index (χ1v) is 7.37. The van der Waals surface area contributed by atoms with Crippen molar-refractivity contribution in [2.75, 3.05) is 17.4 Å². The van der Waals surface area contributed by atoms with Crippen LogP contribution in [0.25, 0.3) is 0 Å². The molecule has 1 rings (SSSR count). The molecule has 0 unspecified atom stereocenters. The third-order valence-corrected chi connectivity index (χ3v) is 4.77. The number of nitrogens with two attached hydrogens (primary N) is 1. The van der Waals surface area contributed by atoms with Gasteiger partial charge in [0.15, 0.2) is 0 Å². The molecule has 1 aromatic rings. The standard InChI is InChI=1S/C12H19FN2O2S/c1-10(2)18(16,17)15(9-5-8-14)12-7-4-3-6-11(12)13/h3-4,6-7,10H,5,8-9,14H2,1-2H3. The number of benzene rings is 1. The predicted molar refractivity (Wildman–Crippen MR) is 71.5 cm³/mol. The van der Waals surface area contributed by atoms with Crippen molar-refractivity contribution < 1.29 is 12.8 Å². The zero-order chi connectivity index (χ0) is 13.8. The molecule has 0 saturated carbocycles. The van der Waals surface area contributed by atoms with Crippen LogP contribution >= 0.6 is 0 Å². The lowest BCUT2D eigenvalue weighted by Crippen LogP contribution is -2.38. The maximum Gasteiger partial charge on any atom is 0.237 e. The fourth-order valence-corrected chi connectivity index (χ4v) is 2.84. The van der Waals surface area contributed by atoms with Crippen LogP contribution in [0.1, 0.15) is 20.3 Å². The van der Waals surface area contributed by atoms with Gasteiger partial charge in [0.2, 0.25) is 10.0 Å². The predicted octanol–water partition coefficient (Wildman–Crippen LogP) is 1.72. The van der Waals surface area contributed by atoms with E-state index >= 15 is 0 Å². The Morgan fingerprint density at radius 1 is 1.33 bits per heavy atom. The zero-order valence-corrected chi connectivity index (χ0v) is 11.5. The van der Waals surface area contributed by atoms with Gasteiger partial charge < -0.3 is 5.73 Å². The second-order valence-electron chi connectivity index (χ2n) is 4.26. The van der Waals surface area contributed by atoms with E-state index < -0.39 is 21.1 Å². The summed E-state index contributed by atoms with van der Waals surface area (Å²) in [6.45, 7) is 3.70. The second-order valence-corrected chi connectivity index (χ2v) is 6.67. The topological polar surface area (TPSA) is 63.4 Å². The van der Waals surface area contributed by atoms with E-state index in [0.29, 0.717) is 13.0 Å². The Hall–Kier alpha value is -1.14. The minimum Gasteiger partial charge on any atom is -0.330 e. The van der Waals surface area contributed by atoms with E-state index in [9.17, 15) is 12.8 Å². The lowest BCUT2D eigenvalue weighted by atomic mass is 10.3. The highest BCUT2D eigenvalue weighted by Gasteiger charge is 2.27.